The normalized spacial score (nSPS) is 10.9. The minimum atomic E-state index is -0.581. The molecule has 1 amide bonds. The summed E-state index contributed by atoms with van der Waals surface area (Å²) in [6, 6.07) is 12.1. The Morgan fingerprint density at radius 2 is 2.00 bits per heavy atom. The Morgan fingerprint density at radius 3 is 2.67 bits per heavy atom. The van der Waals surface area contributed by atoms with Gasteiger partial charge in [-0.15, -0.1) is 0 Å². The predicted molar refractivity (Wildman–Crippen MR) is 101 cm³/mol. The van der Waals surface area contributed by atoms with Gasteiger partial charge in [-0.25, -0.2) is 0 Å². The van der Waals surface area contributed by atoms with Gasteiger partial charge < -0.3 is 10.6 Å². The molecule has 2 rings (SSSR count). The van der Waals surface area contributed by atoms with E-state index in [0.717, 1.165) is 15.7 Å². The zero-order valence-electron chi connectivity index (χ0n) is 12.5. The van der Waals surface area contributed by atoms with Crippen LogP contribution in [0.1, 0.15) is 5.56 Å². The number of carbonyl (C=O) groups is 1. The molecule has 2 N–H and O–H groups in total. The third-order valence-corrected chi connectivity index (χ3v) is 4.54. The van der Waals surface area contributed by atoms with E-state index in [4.69, 9.17) is 23.2 Å². The van der Waals surface area contributed by atoms with Crippen molar-refractivity contribution in [3.63, 3.8) is 0 Å². The molecule has 0 aliphatic rings. The molecule has 4 nitrogen and oxygen atoms in total. The second kappa shape index (κ2) is 8.20. The van der Waals surface area contributed by atoms with Gasteiger partial charge >= 0.3 is 0 Å². The molecule has 0 atom stereocenters. The molecule has 24 heavy (non-hydrogen) atoms. The number of nitriles is 1. The number of carbonyl (C=O) groups excluding carboxylic acids is 1. The van der Waals surface area contributed by atoms with E-state index in [1.54, 1.807) is 12.1 Å². The Kier molecular flexibility index (Phi) is 6.27. The number of anilines is 2. The van der Waals surface area contributed by atoms with Crippen molar-refractivity contribution >= 4 is 56.4 Å². The molecule has 0 aliphatic carbocycles. The molecule has 0 aliphatic heterocycles. The van der Waals surface area contributed by atoms with Crippen molar-refractivity contribution < 1.29 is 4.79 Å². The summed E-state index contributed by atoms with van der Waals surface area (Å²) in [5, 5.41) is 15.5. The van der Waals surface area contributed by atoms with Crippen LogP contribution in [-0.4, -0.2) is 5.91 Å². The first kappa shape index (κ1) is 18.3. The molecule has 0 aromatic heterocycles. The van der Waals surface area contributed by atoms with Crippen LogP contribution >= 0.6 is 39.1 Å². The number of nitrogens with one attached hydrogen (secondary N) is 2. The van der Waals surface area contributed by atoms with Gasteiger partial charge in [0.05, 0.1) is 10.7 Å². The monoisotopic (exact) mass is 423 g/mol. The maximum absolute atomic E-state index is 12.2. The topological polar surface area (TPSA) is 64.9 Å². The number of nitrogens with zero attached hydrogens (tertiary/aromatic N) is 1. The second-order valence-corrected chi connectivity index (χ2v) is 6.55. The van der Waals surface area contributed by atoms with Crippen molar-refractivity contribution in [1.29, 1.82) is 5.26 Å². The van der Waals surface area contributed by atoms with Gasteiger partial charge in [-0.3, -0.25) is 4.79 Å². The molecule has 0 heterocycles. The molecule has 0 fully saturated rings. The van der Waals surface area contributed by atoms with Crippen LogP contribution < -0.4 is 10.6 Å². The standard InChI is InChI=1S/C17H12BrCl2N3O/c1-10-6-13(3-4-14(10)18)22-9-11(8-21)17(24)23-16-7-12(19)2-5-15(16)20/h2-7,9,22H,1H3,(H,23,24)/b11-9-. The van der Waals surface area contributed by atoms with Gasteiger partial charge in [-0.1, -0.05) is 39.1 Å². The van der Waals surface area contributed by atoms with Crippen LogP contribution in [-0.2, 0) is 4.79 Å². The smallest absolute Gasteiger partial charge is 0.267 e. The van der Waals surface area contributed by atoms with Crippen LogP contribution in [0.2, 0.25) is 10.0 Å². The highest BCUT2D eigenvalue weighted by Gasteiger charge is 2.11. The maximum Gasteiger partial charge on any atom is 0.267 e. The van der Waals surface area contributed by atoms with Gasteiger partial charge in [0.15, 0.2) is 0 Å². The lowest BCUT2D eigenvalue weighted by Gasteiger charge is -2.08. The lowest BCUT2D eigenvalue weighted by atomic mass is 10.2. The number of aryl methyl sites for hydroxylation is 1. The predicted octanol–water partition coefficient (Wildman–Crippen LogP) is 5.52. The molecule has 0 unspecified atom stereocenters. The molecule has 0 bridgehead atoms. The first-order valence-electron chi connectivity index (χ1n) is 6.80. The molecule has 2 aromatic rings. The van der Waals surface area contributed by atoms with Crippen LogP contribution in [0, 0.1) is 18.3 Å². The SMILES string of the molecule is Cc1cc(N/C=C(/C#N)C(=O)Nc2cc(Cl)ccc2Cl)ccc1Br. The fourth-order valence-corrected chi connectivity index (χ4v) is 2.41. The van der Waals surface area contributed by atoms with Crippen LogP contribution in [0.3, 0.4) is 0 Å². The lowest BCUT2D eigenvalue weighted by Crippen LogP contribution is -2.14. The Hall–Kier alpha value is -2.00. The van der Waals surface area contributed by atoms with Crippen molar-refractivity contribution in [3.05, 3.63) is 68.3 Å². The van der Waals surface area contributed by atoms with E-state index in [0.29, 0.717) is 15.7 Å². The van der Waals surface area contributed by atoms with Crippen LogP contribution in [0.5, 0.6) is 0 Å². The van der Waals surface area contributed by atoms with E-state index in [2.05, 4.69) is 26.6 Å². The Bertz CT molecular complexity index is 859. The summed E-state index contributed by atoms with van der Waals surface area (Å²) in [6.45, 7) is 1.94. The summed E-state index contributed by atoms with van der Waals surface area (Å²) >= 11 is 15.3. The van der Waals surface area contributed by atoms with E-state index in [1.807, 2.05) is 31.2 Å². The van der Waals surface area contributed by atoms with Crippen LogP contribution in [0.4, 0.5) is 11.4 Å². The van der Waals surface area contributed by atoms with Crippen molar-refractivity contribution in [3.8, 4) is 6.07 Å². The summed E-state index contributed by atoms with van der Waals surface area (Å²) in [4.78, 5) is 12.2. The van der Waals surface area contributed by atoms with E-state index >= 15 is 0 Å². The number of halogens is 3. The Labute approximate surface area is 158 Å². The van der Waals surface area contributed by atoms with E-state index in [1.165, 1.54) is 12.3 Å². The lowest BCUT2D eigenvalue weighted by molar-refractivity contribution is -0.112. The van der Waals surface area contributed by atoms with Crippen molar-refractivity contribution in [2.24, 2.45) is 0 Å². The quantitative estimate of drug-likeness (QED) is 0.501. The molecule has 2 aromatic carbocycles. The molecule has 7 heteroatoms. The average Bonchev–Trinajstić information content (AvgIpc) is 2.55. The summed E-state index contributed by atoms with van der Waals surface area (Å²) in [5.41, 5.74) is 2.04. The molecule has 0 saturated heterocycles. The van der Waals surface area contributed by atoms with E-state index in [9.17, 15) is 10.1 Å². The minimum absolute atomic E-state index is 0.0911. The zero-order valence-corrected chi connectivity index (χ0v) is 15.6. The van der Waals surface area contributed by atoms with Crippen molar-refractivity contribution in [1.82, 2.24) is 0 Å². The van der Waals surface area contributed by atoms with Crippen LogP contribution in [0.25, 0.3) is 0 Å². The summed E-state index contributed by atoms with van der Waals surface area (Å²) in [7, 11) is 0. The van der Waals surface area contributed by atoms with Gasteiger partial charge in [-0.2, -0.15) is 5.26 Å². The van der Waals surface area contributed by atoms with E-state index < -0.39 is 5.91 Å². The summed E-state index contributed by atoms with van der Waals surface area (Å²) in [6.07, 6.45) is 1.34. The maximum atomic E-state index is 12.2. The Balaban J connectivity index is 2.15. The van der Waals surface area contributed by atoms with Crippen LogP contribution in [0.15, 0.2) is 52.6 Å². The van der Waals surface area contributed by atoms with Gasteiger partial charge in [0.25, 0.3) is 5.91 Å². The van der Waals surface area contributed by atoms with Gasteiger partial charge in [0.2, 0.25) is 0 Å². The highest BCUT2D eigenvalue weighted by Crippen LogP contribution is 2.26. The molecule has 0 radical (unpaired) electrons. The third kappa shape index (κ3) is 4.75. The zero-order chi connectivity index (χ0) is 17.7. The molecule has 0 saturated carbocycles. The fourth-order valence-electron chi connectivity index (χ4n) is 1.82. The summed E-state index contributed by atoms with van der Waals surface area (Å²) < 4.78 is 0.978. The number of hydrogen-bond acceptors (Lipinski definition) is 3. The fraction of sp³-hybridized carbons (Fsp3) is 0.0588. The highest BCUT2D eigenvalue weighted by atomic mass is 79.9. The van der Waals surface area contributed by atoms with Crippen molar-refractivity contribution in [2.45, 2.75) is 6.92 Å². The molecular formula is C17H12BrCl2N3O. The largest absolute Gasteiger partial charge is 0.360 e. The highest BCUT2D eigenvalue weighted by molar-refractivity contribution is 9.10. The van der Waals surface area contributed by atoms with Gasteiger partial charge in [-0.05, 0) is 48.9 Å². The van der Waals surface area contributed by atoms with E-state index in [-0.39, 0.29) is 5.57 Å². The molecular weight excluding hydrogens is 413 g/mol. The Morgan fingerprint density at radius 1 is 1.25 bits per heavy atom. The number of benzene rings is 2. The van der Waals surface area contributed by atoms with Gasteiger partial charge in [0, 0.05) is 21.4 Å². The molecule has 0 spiro atoms. The number of amides is 1. The van der Waals surface area contributed by atoms with Crippen molar-refractivity contribution in [2.75, 3.05) is 10.6 Å². The van der Waals surface area contributed by atoms with Gasteiger partial charge in [0.1, 0.15) is 11.6 Å². The number of rotatable bonds is 4. The molecule has 122 valence electrons. The summed E-state index contributed by atoms with van der Waals surface area (Å²) in [5.74, 6) is -0.581. The second-order valence-electron chi connectivity index (χ2n) is 4.86. The average molecular weight is 425 g/mol. The minimum Gasteiger partial charge on any atom is -0.360 e. The third-order valence-electron chi connectivity index (χ3n) is 3.08. The first-order valence-corrected chi connectivity index (χ1v) is 8.35. The number of hydrogen-bond donors (Lipinski definition) is 2. The first-order chi connectivity index (χ1) is 11.4.